The van der Waals surface area contributed by atoms with Crippen molar-refractivity contribution in [2.24, 2.45) is 0 Å². The average Bonchev–Trinajstić information content (AvgIpc) is 2.92. The molecule has 1 aliphatic rings. The summed E-state index contributed by atoms with van der Waals surface area (Å²) in [5.74, 6) is 1.35. The number of nitrogens with zero attached hydrogens (tertiary/aromatic N) is 3. The highest BCUT2D eigenvalue weighted by Gasteiger charge is 2.24. The van der Waals surface area contributed by atoms with Crippen LogP contribution in [0, 0.1) is 6.92 Å². The molecule has 1 aliphatic heterocycles. The van der Waals surface area contributed by atoms with E-state index in [9.17, 15) is 0 Å². The third-order valence-corrected chi connectivity index (χ3v) is 4.01. The Balaban J connectivity index is 1.71. The maximum absolute atomic E-state index is 5.41. The first kappa shape index (κ1) is 14.2. The van der Waals surface area contributed by atoms with Gasteiger partial charge >= 0.3 is 0 Å². The zero-order valence-corrected chi connectivity index (χ0v) is 12.8. The summed E-state index contributed by atoms with van der Waals surface area (Å²) in [5.41, 5.74) is 2.23. The van der Waals surface area contributed by atoms with E-state index in [1.54, 1.807) is 0 Å². The molecular formula is C16H22N4O. The van der Waals surface area contributed by atoms with Gasteiger partial charge in [0.1, 0.15) is 0 Å². The van der Waals surface area contributed by atoms with Crippen molar-refractivity contribution >= 4 is 0 Å². The molecule has 5 nitrogen and oxygen atoms in total. The van der Waals surface area contributed by atoms with E-state index in [-0.39, 0.29) is 0 Å². The Kier molecular flexibility index (Phi) is 4.03. The molecule has 21 heavy (non-hydrogen) atoms. The Morgan fingerprint density at radius 2 is 2.05 bits per heavy atom. The highest BCUT2D eigenvalue weighted by atomic mass is 16.5. The van der Waals surface area contributed by atoms with Crippen molar-refractivity contribution in [3.05, 3.63) is 35.7 Å². The van der Waals surface area contributed by atoms with Gasteiger partial charge in [-0.05, 0) is 20.8 Å². The van der Waals surface area contributed by atoms with E-state index in [0.717, 1.165) is 18.7 Å². The second-order valence-electron chi connectivity index (χ2n) is 5.97. The molecule has 0 radical (unpaired) electrons. The van der Waals surface area contributed by atoms with E-state index in [1.165, 1.54) is 5.56 Å². The fourth-order valence-corrected chi connectivity index (χ4v) is 2.63. The standard InChI is InChI=1S/C16H22N4O/c1-11-4-6-14(7-5-11)16-18-15(21-19-16)10-20-9-12(2)17-8-13(20)3/h4-7,12-13,17H,8-10H2,1-3H3. The van der Waals surface area contributed by atoms with Gasteiger partial charge in [-0.25, -0.2) is 0 Å². The quantitative estimate of drug-likeness (QED) is 0.937. The number of benzene rings is 1. The van der Waals surface area contributed by atoms with Crippen LogP contribution in [0.5, 0.6) is 0 Å². The molecule has 5 heteroatoms. The predicted octanol–water partition coefficient (Wildman–Crippen LogP) is 2.23. The van der Waals surface area contributed by atoms with Gasteiger partial charge in [-0.15, -0.1) is 0 Å². The van der Waals surface area contributed by atoms with Crippen LogP contribution in [0.25, 0.3) is 11.4 Å². The van der Waals surface area contributed by atoms with Gasteiger partial charge < -0.3 is 9.84 Å². The maximum Gasteiger partial charge on any atom is 0.241 e. The molecule has 2 aromatic rings. The Bertz CT molecular complexity index is 593. The molecular weight excluding hydrogens is 264 g/mol. The Labute approximate surface area is 125 Å². The molecule has 1 saturated heterocycles. The lowest BCUT2D eigenvalue weighted by molar-refractivity contribution is 0.123. The highest BCUT2D eigenvalue weighted by molar-refractivity contribution is 5.54. The first-order valence-corrected chi connectivity index (χ1v) is 7.49. The van der Waals surface area contributed by atoms with E-state index in [0.29, 0.717) is 30.3 Å². The summed E-state index contributed by atoms with van der Waals surface area (Å²) in [5, 5.41) is 7.57. The lowest BCUT2D eigenvalue weighted by Gasteiger charge is -2.36. The SMILES string of the molecule is Cc1ccc(-c2noc(CN3CC(C)NCC3C)n2)cc1. The van der Waals surface area contributed by atoms with E-state index >= 15 is 0 Å². The van der Waals surface area contributed by atoms with Crippen molar-refractivity contribution in [3.63, 3.8) is 0 Å². The Hall–Kier alpha value is -1.72. The number of piperazine rings is 1. The van der Waals surface area contributed by atoms with Crippen LogP contribution < -0.4 is 5.32 Å². The zero-order valence-electron chi connectivity index (χ0n) is 12.8. The molecule has 3 rings (SSSR count). The zero-order chi connectivity index (χ0) is 14.8. The van der Waals surface area contributed by atoms with E-state index < -0.39 is 0 Å². The largest absolute Gasteiger partial charge is 0.338 e. The summed E-state index contributed by atoms with van der Waals surface area (Å²) in [6.45, 7) is 9.20. The molecule has 2 atom stereocenters. The lowest BCUT2D eigenvalue weighted by atomic mass is 10.1. The third-order valence-electron chi connectivity index (χ3n) is 4.01. The fraction of sp³-hybridized carbons (Fsp3) is 0.500. The second kappa shape index (κ2) is 5.95. The van der Waals surface area contributed by atoms with Gasteiger partial charge in [0.05, 0.1) is 6.54 Å². The fourth-order valence-electron chi connectivity index (χ4n) is 2.63. The molecule has 0 bridgehead atoms. The topological polar surface area (TPSA) is 54.2 Å². The number of hydrogen-bond acceptors (Lipinski definition) is 5. The van der Waals surface area contributed by atoms with Crippen molar-refractivity contribution in [3.8, 4) is 11.4 Å². The van der Waals surface area contributed by atoms with Crippen LogP contribution in [0.4, 0.5) is 0 Å². The second-order valence-corrected chi connectivity index (χ2v) is 5.97. The van der Waals surface area contributed by atoms with Gasteiger partial charge in [0, 0.05) is 30.7 Å². The van der Waals surface area contributed by atoms with Gasteiger partial charge in [0.15, 0.2) is 0 Å². The molecule has 0 spiro atoms. The van der Waals surface area contributed by atoms with Crippen molar-refractivity contribution in [1.82, 2.24) is 20.4 Å². The summed E-state index contributed by atoms with van der Waals surface area (Å²) < 4.78 is 5.41. The monoisotopic (exact) mass is 286 g/mol. The summed E-state index contributed by atoms with van der Waals surface area (Å²) in [4.78, 5) is 6.91. The minimum Gasteiger partial charge on any atom is -0.338 e. The van der Waals surface area contributed by atoms with Gasteiger partial charge in [0.2, 0.25) is 11.7 Å². The smallest absolute Gasteiger partial charge is 0.241 e. The Morgan fingerprint density at radius 3 is 2.81 bits per heavy atom. The number of aryl methyl sites for hydroxylation is 1. The molecule has 0 aliphatic carbocycles. The van der Waals surface area contributed by atoms with Crippen LogP contribution in [-0.4, -0.2) is 40.2 Å². The molecule has 1 fully saturated rings. The molecule has 1 N–H and O–H groups in total. The summed E-state index contributed by atoms with van der Waals surface area (Å²) >= 11 is 0. The maximum atomic E-state index is 5.41. The van der Waals surface area contributed by atoms with Crippen molar-refractivity contribution in [2.75, 3.05) is 13.1 Å². The highest BCUT2D eigenvalue weighted by Crippen LogP contribution is 2.18. The third kappa shape index (κ3) is 3.31. The molecule has 2 heterocycles. The van der Waals surface area contributed by atoms with Gasteiger partial charge in [0.25, 0.3) is 0 Å². The number of aromatic nitrogens is 2. The Morgan fingerprint density at radius 1 is 1.29 bits per heavy atom. The minimum absolute atomic E-state index is 0.482. The summed E-state index contributed by atoms with van der Waals surface area (Å²) in [6.07, 6.45) is 0. The van der Waals surface area contributed by atoms with Crippen molar-refractivity contribution in [1.29, 1.82) is 0 Å². The summed E-state index contributed by atoms with van der Waals surface area (Å²) in [6, 6.07) is 9.16. The average molecular weight is 286 g/mol. The molecule has 2 unspecified atom stereocenters. The number of hydrogen-bond donors (Lipinski definition) is 1. The molecule has 0 saturated carbocycles. The van der Waals surface area contributed by atoms with Crippen LogP contribution in [0.2, 0.25) is 0 Å². The van der Waals surface area contributed by atoms with Crippen LogP contribution >= 0.6 is 0 Å². The minimum atomic E-state index is 0.482. The molecule has 112 valence electrons. The lowest BCUT2D eigenvalue weighted by Crippen LogP contribution is -2.53. The molecule has 0 amide bonds. The number of nitrogens with one attached hydrogen (secondary N) is 1. The van der Waals surface area contributed by atoms with Crippen molar-refractivity contribution in [2.45, 2.75) is 39.4 Å². The van der Waals surface area contributed by atoms with E-state index in [1.807, 2.05) is 12.1 Å². The molecule has 1 aromatic heterocycles. The number of rotatable bonds is 3. The normalized spacial score (nSPS) is 23.4. The van der Waals surface area contributed by atoms with Gasteiger partial charge in [-0.2, -0.15) is 4.98 Å². The van der Waals surface area contributed by atoms with Crippen LogP contribution in [0.15, 0.2) is 28.8 Å². The van der Waals surface area contributed by atoms with E-state index in [2.05, 4.69) is 53.3 Å². The van der Waals surface area contributed by atoms with E-state index in [4.69, 9.17) is 4.52 Å². The first-order valence-electron chi connectivity index (χ1n) is 7.49. The molecule has 1 aromatic carbocycles. The van der Waals surface area contributed by atoms with Gasteiger partial charge in [-0.3, -0.25) is 4.90 Å². The van der Waals surface area contributed by atoms with Gasteiger partial charge in [-0.1, -0.05) is 35.0 Å². The summed E-state index contributed by atoms with van der Waals surface area (Å²) in [7, 11) is 0. The van der Waals surface area contributed by atoms with Crippen LogP contribution in [0.1, 0.15) is 25.3 Å². The first-order chi connectivity index (χ1) is 10.1. The van der Waals surface area contributed by atoms with Crippen LogP contribution in [0.3, 0.4) is 0 Å². The van der Waals surface area contributed by atoms with Crippen LogP contribution in [-0.2, 0) is 6.54 Å². The predicted molar refractivity (Wildman–Crippen MR) is 81.8 cm³/mol. The van der Waals surface area contributed by atoms with Crippen molar-refractivity contribution < 1.29 is 4.52 Å².